The van der Waals surface area contributed by atoms with Crippen molar-refractivity contribution in [3.63, 3.8) is 0 Å². The molecule has 4 heteroatoms. The number of pyridine rings is 1. The van der Waals surface area contributed by atoms with Crippen molar-refractivity contribution in [2.24, 2.45) is 0 Å². The first kappa shape index (κ1) is 15.0. The van der Waals surface area contributed by atoms with Gasteiger partial charge in [0.15, 0.2) is 5.69 Å². The van der Waals surface area contributed by atoms with Gasteiger partial charge < -0.3 is 4.74 Å². The second-order valence-electron chi connectivity index (χ2n) is 5.11. The third-order valence-electron chi connectivity index (χ3n) is 3.15. The van der Waals surface area contributed by atoms with Crippen molar-refractivity contribution < 1.29 is 9.13 Å². The number of aromatic nitrogens is 1. The highest BCUT2D eigenvalue weighted by Crippen LogP contribution is 2.25. The average molecular weight is 284 g/mol. The molecule has 0 aliphatic rings. The molecule has 0 spiro atoms. The average Bonchev–Trinajstić information content (AvgIpc) is 2.44. The zero-order valence-corrected chi connectivity index (χ0v) is 12.4. The van der Waals surface area contributed by atoms with Crippen molar-refractivity contribution in [3.8, 4) is 5.75 Å². The van der Waals surface area contributed by atoms with Crippen molar-refractivity contribution in [1.29, 1.82) is 0 Å². The number of hydrogen-bond acceptors (Lipinski definition) is 2. The summed E-state index contributed by atoms with van der Waals surface area (Å²) in [5.74, 6) is 0.396. The SMILES string of the molecule is [C-]#[N+]c1ccc(Cc2nccc(OC(C)C)c2C)c(F)c1. The molecule has 21 heavy (non-hydrogen) atoms. The maximum atomic E-state index is 14.0. The van der Waals surface area contributed by atoms with Gasteiger partial charge >= 0.3 is 0 Å². The number of benzene rings is 1. The molecule has 0 unspecified atom stereocenters. The maximum absolute atomic E-state index is 14.0. The molecule has 0 atom stereocenters. The first-order valence-electron chi connectivity index (χ1n) is 6.78. The minimum Gasteiger partial charge on any atom is -0.491 e. The van der Waals surface area contributed by atoms with Crippen LogP contribution in [0.4, 0.5) is 10.1 Å². The fourth-order valence-corrected chi connectivity index (χ4v) is 2.05. The summed E-state index contributed by atoms with van der Waals surface area (Å²) in [6, 6.07) is 6.33. The zero-order chi connectivity index (χ0) is 15.4. The number of halogens is 1. The summed E-state index contributed by atoms with van der Waals surface area (Å²) in [4.78, 5) is 7.54. The van der Waals surface area contributed by atoms with E-state index in [9.17, 15) is 4.39 Å². The van der Waals surface area contributed by atoms with Gasteiger partial charge in [-0.15, -0.1) is 0 Å². The molecule has 1 aromatic carbocycles. The Hall–Kier alpha value is -2.41. The Morgan fingerprint density at radius 3 is 2.71 bits per heavy atom. The Morgan fingerprint density at radius 1 is 1.33 bits per heavy atom. The van der Waals surface area contributed by atoms with Crippen molar-refractivity contribution in [2.75, 3.05) is 0 Å². The van der Waals surface area contributed by atoms with E-state index in [-0.39, 0.29) is 11.9 Å². The normalized spacial score (nSPS) is 10.5. The van der Waals surface area contributed by atoms with Crippen LogP contribution in [0.25, 0.3) is 4.85 Å². The number of hydrogen-bond donors (Lipinski definition) is 0. The summed E-state index contributed by atoms with van der Waals surface area (Å²) >= 11 is 0. The smallest absolute Gasteiger partial charge is 0.190 e. The van der Waals surface area contributed by atoms with Crippen molar-refractivity contribution >= 4 is 5.69 Å². The summed E-state index contributed by atoms with van der Waals surface area (Å²) < 4.78 is 19.7. The van der Waals surface area contributed by atoms with Gasteiger partial charge in [-0.2, -0.15) is 0 Å². The van der Waals surface area contributed by atoms with E-state index < -0.39 is 0 Å². The number of rotatable bonds is 4. The van der Waals surface area contributed by atoms with Crippen molar-refractivity contribution in [1.82, 2.24) is 4.98 Å². The van der Waals surface area contributed by atoms with Crippen LogP contribution in [-0.4, -0.2) is 11.1 Å². The second kappa shape index (κ2) is 6.36. The fraction of sp³-hybridized carbons (Fsp3) is 0.294. The van der Waals surface area contributed by atoms with Crippen LogP contribution in [0.5, 0.6) is 5.75 Å². The summed E-state index contributed by atoms with van der Waals surface area (Å²) in [6.45, 7) is 12.7. The van der Waals surface area contributed by atoms with E-state index in [2.05, 4.69) is 9.83 Å². The summed E-state index contributed by atoms with van der Waals surface area (Å²) in [5.41, 5.74) is 2.53. The molecule has 0 amide bonds. The van der Waals surface area contributed by atoms with E-state index in [4.69, 9.17) is 11.3 Å². The molecule has 3 nitrogen and oxygen atoms in total. The number of ether oxygens (including phenoxy) is 1. The molecule has 0 radical (unpaired) electrons. The molecule has 0 bridgehead atoms. The van der Waals surface area contributed by atoms with Crippen molar-refractivity contribution in [3.05, 3.63) is 64.5 Å². The number of nitrogens with zero attached hydrogens (tertiary/aromatic N) is 2. The highest BCUT2D eigenvalue weighted by atomic mass is 19.1. The standard InChI is InChI=1S/C17H17FN2O/c1-11(2)21-17-7-8-20-16(12(17)3)9-13-5-6-14(19-4)10-15(13)18/h5-8,10-11H,9H2,1-3H3. The van der Waals surface area contributed by atoms with Gasteiger partial charge in [-0.1, -0.05) is 12.1 Å². The molecule has 2 rings (SSSR count). The van der Waals surface area contributed by atoms with Crippen LogP contribution in [-0.2, 0) is 6.42 Å². The van der Waals surface area contributed by atoms with Crippen LogP contribution >= 0.6 is 0 Å². The Kier molecular flexibility index (Phi) is 4.54. The quantitative estimate of drug-likeness (QED) is 0.775. The largest absolute Gasteiger partial charge is 0.491 e. The molecule has 0 fully saturated rings. The van der Waals surface area contributed by atoms with E-state index in [1.54, 1.807) is 18.3 Å². The van der Waals surface area contributed by atoms with Crippen LogP contribution in [0.15, 0.2) is 30.5 Å². The van der Waals surface area contributed by atoms with Crippen LogP contribution in [0, 0.1) is 19.3 Å². The molecule has 1 aromatic heterocycles. The second-order valence-corrected chi connectivity index (χ2v) is 5.11. The summed E-state index contributed by atoms with van der Waals surface area (Å²) in [5, 5.41) is 0. The fourth-order valence-electron chi connectivity index (χ4n) is 2.05. The van der Waals surface area contributed by atoms with Gasteiger partial charge in [-0.05, 0) is 38.5 Å². The maximum Gasteiger partial charge on any atom is 0.190 e. The molecule has 0 saturated carbocycles. The Bertz CT molecular complexity index is 690. The minimum atomic E-state index is -0.375. The third-order valence-corrected chi connectivity index (χ3v) is 3.15. The molecular weight excluding hydrogens is 267 g/mol. The molecule has 108 valence electrons. The van der Waals surface area contributed by atoms with Gasteiger partial charge in [0.1, 0.15) is 11.6 Å². The predicted molar refractivity (Wildman–Crippen MR) is 80.2 cm³/mol. The molecule has 0 N–H and O–H groups in total. The molecule has 0 aliphatic carbocycles. The van der Waals surface area contributed by atoms with E-state index in [1.165, 1.54) is 6.07 Å². The zero-order valence-electron chi connectivity index (χ0n) is 12.4. The molecule has 0 aliphatic heterocycles. The van der Waals surface area contributed by atoms with Gasteiger partial charge in [-0.25, -0.2) is 9.24 Å². The topological polar surface area (TPSA) is 26.5 Å². The van der Waals surface area contributed by atoms with Crippen LogP contribution in [0.1, 0.15) is 30.7 Å². The lowest BCUT2D eigenvalue weighted by molar-refractivity contribution is 0.240. The van der Waals surface area contributed by atoms with E-state index in [0.29, 0.717) is 17.7 Å². The van der Waals surface area contributed by atoms with E-state index in [0.717, 1.165) is 17.0 Å². The monoisotopic (exact) mass is 284 g/mol. The van der Waals surface area contributed by atoms with Crippen LogP contribution in [0.3, 0.4) is 0 Å². The van der Waals surface area contributed by atoms with Crippen LogP contribution < -0.4 is 4.74 Å². The highest BCUT2D eigenvalue weighted by Gasteiger charge is 2.11. The minimum absolute atomic E-state index is 0.0774. The lowest BCUT2D eigenvalue weighted by Crippen LogP contribution is -2.08. The van der Waals surface area contributed by atoms with Gasteiger partial charge in [-0.3, -0.25) is 4.98 Å². The lowest BCUT2D eigenvalue weighted by atomic mass is 10.0. The lowest BCUT2D eigenvalue weighted by Gasteiger charge is -2.14. The first-order valence-corrected chi connectivity index (χ1v) is 6.78. The predicted octanol–water partition coefficient (Wildman–Crippen LogP) is 4.46. The van der Waals surface area contributed by atoms with Gasteiger partial charge in [0.05, 0.1) is 18.4 Å². The highest BCUT2D eigenvalue weighted by molar-refractivity contribution is 5.47. The molecule has 0 saturated heterocycles. The van der Waals surface area contributed by atoms with Crippen molar-refractivity contribution in [2.45, 2.75) is 33.3 Å². The molecule has 1 heterocycles. The van der Waals surface area contributed by atoms with Gasteiger partial charge in [0.2, 0.25) is 0 Å². The van der Waals surface area contributed by atoms with Crippen LogP contribution in [0.2, 0.25) is 0 Å². The molecular formula is C17H17FN2O. The van der Waals surface area contributed by atoms with E-state index in [1.807, 2.05) is 26.8 Å². The Labute approximate surface area is 124 Å². The Balaban J connectivity index is 2.30. The first-order chi connectivity index (χ1) is 10.0. The summed E-state index contributed by atoms with van der Waals surface area (Å²) in [6.07, 6.45) is 2.13. The molecule has 2 aromatic rings. The summed E-state index contributed by atoms with van der Waals surface area (Å²) in [7, 11) is 0. The third kappa shape index (κ3) is 3.57. The Morgan fingerprint density at radius 2 is 2.10 bits per heavy atom. The van der Waals surface area contributed by atoms with E-state index >= 15 is 0 Å². The van der Waals surface area contributed by atoms with Gasteiger partial charge in [0, 0.05) is 18.2 Å². The van der Waals surface area contributed by atoms with Gasteiger partial charge in [0.25, 0.3) is 0 Å².